The summed E-state index contributed by atoms with van der Waals surface area (Å²) in [5, 5.41) is 3.44. The molecule has 0 spiro atoms. The van der Waals surface area contributed by atoms with Gasteiger partial charge in [-0.3, -0.25) is 0 Å². The Morgan fingerprint density at radius 3 is 2.36 bits per heavy atom. The summed E-state index contributed by atoms with van der Waals surface area (Å²) in [6.45, 7) is 6.38. The van der Waals surface area contributed by atoms with E-state index in [1.807, 2.05) is 11.8 Å². The molecular formula is C12H19NS. The van der Waals surface area contributed by atoms with Crippen molar-refractivity contribution < 1.29 is 0 Å². The number of hydrogen-bond acceptors (Lipinski definition) is 2. The van der Waals surface area contributed by atoms with Crippen LogP contribution in [0.4, 0.5) is 0 Å². The van der Waals surface area contributed by atoms with E-state index in [1.54, 1.807) is 0 Å². The molecule has 0 heterocycles. The zero-order valence-corrected chi connectivity index (χ0v) is 10.1. The molecule has 0 fully saturated rings. The van der Waals surface area contributed by atoms with Gasteiger partial charge < -0.3 is 5.32 Å². The van der Waals surface area contributed by atoms with Crippen molar-refractivity contribution in [2.75, 3.05) is 18.6 Å². The Kier molecular flexibility index (Phi) is 5.05. The number of hydrogen-bond donors (Lipinski definition) is 1. The normalized spacial score (nSPS) is 10.5. The molecule has 1 aromatic rings. The summed E-state index contributed by atoms with van der Waals surface area (Å²) in [5.74, 6) is 1.19. The van der Waals surface area contributed by atoms with Crippen LogP contribution in [0.15, 0.2) is 18.2 Å². The molecule has 0 bridgehead atoms. The average Bonchev–Trinajstić information content (AvgIpc) is 2.11. The lowest BCUT2D eigenvalue weighted by Gasteiger charge is -2.06. The summed E-state index contributed by atoms with van der Waals surface area (Å²) in [4.78, 5) is 0. The SMILES string of the molecule is CSCCNCc1cc(C)cc(C)c1. The van der Waals surface area contributed by atoms with Gasteiger partial charge in [0.25, 0.3) is 0 Å². The van der Waals surface area contributed by atoms with Gasteiger partial charge in [0, 0.05) is 18.8 Å². The fourth-order valence-electron chi connectivity index (χ4n) is 1.58. The summed E-state index contributed by atoms with van der Waals surface area (Å²) in [6, 6.07) is 6.71. The first-order valence-corrected chi connectivity index (χ1v) is 6.38. The van der Waals surface area contributed by atoms with Crippen LogP contribution in [0.25, 0.3) is 0 Å². The first-order valence-electron chi connectivity index (χ1n) is 4.99. The third kappa shape index (κ3) is 4.16. The van der Waals surface area contributed by atoms with Crippen LogP contribution in [0.3, 0.4) is 0 Å². The molecule has 0 saturated heterocycles. The fourth-order valence-corrected chi connectivity index (χ4v) is 1.93. The van der Waals surface area contributed by atoms with Crippen LogP contribution in [0.5, 0.6) is 0 Å². The van der Waals surface area contributed by atoms with Crippen LogP contribution in [0.1, 0.15) is 16.7 Å². The maximum absolute atomic E-state index is 3.44. The second-order valence-corrected chi connectivity index (χ2v) is 4.65. The highest BCUT2D eigenvalue weighted by Crippen LogP contribution is 2.08. The largest absolute Gasteiger partial charge is 0.312 e. The molecule has 1 rings (SSSR count). The first-order chi connectivity index (χ1) is 6.72. The summed E-state index contributed by atoms with van der Waals surface area (Å²) >= 11 is 1.88. The van der Waals surface area contributed by atoms with E-state index in [2.05, 4.69) is 43.6 Å². The van der Waals surface area contributed by atoms with Crippen molar-refractivity contribution in [3.8, 4) is 0 Å². The predicted molar refractivity (Wildman–Crippen MR) is 66.0 cm³/mol. The van der Waals surface area contributed by atoms with Crippen molar-refractivity contribution in [2.24, 2.45) is 0 Å². The molecule has 0 aliphatic heterocycles. The molecule has 78 valence electrons. The standard InChI is InChI=1S/C12H19NS/c1-10-6-11(2)8-12(7-10)9-13-4-5-14-3/h6-8,13H,4-5,9H2,1-3H3. The van der Waals surface area contributed by atoms with Gasteiger partial charge in [-0.2, -0.15) is 11.8 Å². The van der Waals surface area contributed by atoms with E-state index in [-0.39, 0.29) is 0 Å². The molecule has 0 aliphatic carbocycles. The van der Waals surface area contributed by atoms with Crippen molar-refractivity contribution in [1.29, 1.82) is 0 Å². The predicted octanol–water partition coefficient (Wildman–Crippen LogP) is 2.76. The topological polar surface area (TPSA) is 12.0 Å². The second kappa shape index (κ2) is 6.10. The van der Waals surface area contributed by atoms with Crippen molar-refractivity contribution >= 4 is 11.8 Å². The van der Waals surface area contributed by atoms with E-state index in [0.717, 1.165) is 13.1 Å². The lowest BCUT2D eigenvalue weighted by atomic mass is 10.1. The monoisotopic (exact) mass is 209 g/mol. The zero-order chi connectivity index (χ0) is 10.4. The molecule has 0 amide bonds. The molecular weight excluding hydrogens is 190 g/mol. The molecule has 0 radical (unpaired) electrons. The summed E-state index contributed by atoms with van der Waals surface area (Å²) in [6.07, 6.45) is 2.14. The fraction of sp³-hybridized carbons (Fsp3) is 0.500. The highest BCUT2D eigenvalue weighted by Gasteiger charge is 1.95. The van der Waals surface area contributed by atoms with E-state index < -0.39 is 0 Å². The van der Waals surface area contributed by atoms with Crippen LogP contribution in [0, 0.1) is 13.8 Å². The molecule has 0 atom stereocenters. The van der Waals surface area contributed by atoms with Crippen LogP contribution in [-0.2, 0) is 6.54 Å². The van der Waals surface area contributed by atoms with Crippen LogP contribution in [0.2, 0.25) is 0 Å². The second-order valence-electron chi connectivity index (χ2n) is 3.67. The van der Waals surface area contributed by atoms with Crippen LogP contribution in [-0.4, -0.2) is 18.6 Å². The molecule has 0 saturated carbocycles. The minimum absolute atomic E-state index is 0.989. The van der Waals surface area contributed by atoms with Gasteiger partial charge in [0.05, 0.1) is 0 Å². The Hall–Kier alpha value is -0.470. The van der Waals surface area contributed by atoms with E-state index in [4.69, 9.17) is 0 Å². The van der Waals surface area contributed by atoms with Gasteiger partial charge in [-0.15, -0.1) is 0 Å². The maximum atomic E-state index is 3.44. The number of benzene rings is 1. The molecule has 1 aromatic carbocycles. The molecule has 0 aliphatic rings. The van der Waals surface area contributed by atoms with Crippen molar-refractivity contribution in [1.82, 2.24) is 5.32 Å². The van der Waals surface area contributed by atoms with Crippen molar-refractivity contribution in [3.63, 3.8) is 0 Å². The quantitative estimate of drug-likeness (QED) is 0.748. The number of aryl methyl sites for hydroxylation is 2. The number of rotatable bonds is 5. The lowest BCUT2D eigenvalue weighted by molar-refractivity contribution is 0.731. The average molecular weight is 209 g/mol. The Balaban J connectivity index is 2.42. The highest BCUT2D eigenvalue weighted by atomic mass is 32.2. The molecule has 14 heavy (non-hydrogen) atoms. The smallest absolute Gasteiger partial charge is 0.0206 e. The zero-order valence-electron chi connectivity index (χ0n) is 9.26. The number of nitrogens with one attached hydrogen (secondary N) is 1. The Bertz CT molecular complexity index is 263. The maximum Gasteiger partial charge on any atom is 0.0206 e. The van der Waals surface area contributed by atoms with E-state index in [0.29, 0.717) is 0 Å². The molecule has 0 unspecified atom stereocenters. The third-order valence-corrected chi connectivity index (χ3v) is 2.71. The van der Waals surface area contributed by atoms with Gasteiger partial charge in [0.1, 0.15) is 0 Å². The van der Waals surface area contributed by atoms with Gasteiger partial charge in [-0.05, 0) is 25.7 Å². The van der Waals surface area contributed by atoms with Gasteiger partial charge in [-0.1, -0.05) is 29.3 Å². The van der Waals surface area contributed by atoms with Crippen LogP contribution >= 0.6 is 11.8 Å². The summed E-state index contributed by atoms with van der Waals surface area (Å²) in [7, 11) is 0. The highest BCUT2D eigenvalue weighted by molar-refractivity contribution is 7.98. The van der Waals surface area contributed by atoms with E-state index >= 15 is 0 Å². The summed E-state index contributed by atoms with van der Waals surface area (Å²) < 4.78 is 0. The van der Waals surface area contributed by atoms with Gasteiger partial charge in [0.15, 0.2) is 0 Å². The Morgan fingerprint density at radius 1 is 1.14 bits per heavy atom. The third-order valence-electron chi connectivity index (χ3n) is 2.09. The summed E-state index contributed by atoms with van der Waals surface area (Å²) in [5.41, 5.74) is 4.10. The Morgan fingerprint density at radius 2 is 1.79 bits per heavy atom. The van der Waals surface area contributed by atoms with Crippen molar-refractivity contribution in [2.45, 2.75) is 20.4 Å². The molecule has 2 heteroatoms. The minimum Gasteiger partial charge on any atom is -0.312 e. The van der Waals surface area contributed by atoms with Gasteiger partial charge in [-0.25, -0.2) is 0 Å². The Labute approximate surface area is 91.3 Å². The molecule has 1 nitrogen and oxygen atoms in total. The van der Waals surface area contributed by atoms with Gasteiger partial charge >= 0.3 is 0 Å². The van der Waals surface area contributed by atoms with Crippen LogP contribution < -0.4 is 5.32 Å². The van der Waals surface area contributed by atoms with E-state index in [1.165, 1.54) is 22.4 Å². The first kappa shape index (κ1) is 11.6. The molecule has 1 N–H and O–H groups in total. The van der Waals surface area contributed by atoms with Gasteiger partial charge in [0.2, 0.25) is 0 Å². The minimum atomic E-state index is 0.989. The lowest BCUT2D eigenvalue weighted by Crippen LogP contribution is -2.16. The number of thioether (sulfide) groups is 1. The van der Waals surface area contributed by atoms with Crippen molar-refractivity contribution in [3.05, 3.63) is 34.9 Å². The molecule has 0 aromatic heterocycles. The van der Waals surface area contributed by atoms with E-state index in [9.17, 15) is 0 Å².